The summed E-state index contributed by atoms with van der Waals surface area (Å²) in [6, 6.07) is 0. The number of aliphatic hydroxyl groups is 1. The largest absolute Gasteiger partial charge is 0.472 e. The zero-order valence-electron chi connectivity index (χ0n) is 72.9. The molecular formula is C91H178O17P2. The first-order chi connectivity index (χ1) is 53.2. The van der Waals surface area contributed by atoms with E-state index in [1.165, 1.54) is 276 Å². The fourth-order valence-electron chi connectivity index (χ4n) is 14.1. The third-order valence-electron chi connectivity index (χ3n) is 22.0. The fraction of sp³-hybridized carbons (Fsp3) is 0.956. The van der Waals surface area contributed by atoms with Crippen LogP contribution in [0.15, 0.2) is 0 Å². The molecule has 0 aliphatic rings. The second-order valence-electron chi connectivity index (χ2n) is 34.1. The highest BCUT2D eigenvalue weighted by molar-refractivity contribution is 7.47. The summed E-state index contributed by atoms with van der Waals surface area (Å²) in [5, 5.41) is 10.7. The number of unbranched alkanes of at least 4 members (excludes halogenated alkanes) is 52. The van der Waals surface area contributed by atoms with Crippen molar-refractivity contribution in [3.8, 4) is 0 Å². The van der Waals surface area contributed by atoms with Gasteiger partial charge in [-0.05, 0) is 49.4 Å². The zero-order valence-corrected chi connectivity index (χ0v) is 74.7. The minimum absolute atomic E-state index is 0.107. The van der Waals surface area contributed by atoms with Crippen LogP contribution in [0.4, 0.5) is 0 Å². The Labute approximate surface area is 677 Å². The molecule has 0 aliphatic carbocycles. The summed E-state index contributed by atoms with van der Waals surface area (Å²) in [7, 11) is -9.94. The molecule has 0 spiro atoms. The van der Waals surface area contributed by atoms with Gasteiger partial charge in [0.1, 0.15) is 19.3 Å². The summed E-state index contributed by atoms with van der Waals surface area (Å²) in [4.78, 5) is 73.3. The summed E-state index contributed by atoms with van der Waals surface area (Å²) >= 11 is 0. The lowest BCUT2D eigenvalue weighted by Crippen LogP contribution is -2.30. The third-order valence-corrected chi connectivity index (χ3v) is 23.9. The maximum atomic E-state index is 13.2. The van der Waals surface area contributed by atoms with Gasteiger partial charge in [-0.1, -0.05) is 428 Å². The number of phosphoric acid groups is 2. The van der Waals surface area contributed by atoms with Crippen molar-refractivity contribution in [3.63, 3.8) is 0 Å². The SMILES string of the molecule is CCC(C)CCCCCCCCCCCCCCCCCCCCC(=O)OC[C@H](COP(=O)(O)OC[C@@H](O)COP(=O)(O)OC[C@@H](COC(=O)CCCCCCCCC(C)C)OC(=O)CCCCCCCCCCCCCCCCC(C)CC)OC(=O)CCCCCCCCCCCCCCCCCCCCC(C)C. The van der Waals surface area contributed by atoms with Gasteiger partial charge in [-0.25, -0.2) is 9.13 Å². The zero-order chi connectivity index (χ0) is 80.9. The molecule has 3 N–H and O–H groups in total. The quantitative estimate of drug-likeness (QED) is 0.0222. The lowest BCUT2D eigenvalue weighted by molar-refractivity contribution is -0.161. The van der Waals surface area contributed by atoms with Gasteiger partial charge in [-0.3, -0.25) is 37.3 Å². The van der Waals surface area contributed by atoms with Gasteiger partial charge in [0.05, 0.1) is 26.4 Å². The van der Waals surface area contributed by atoms with Crippen molar-refractivity contribution in [1.29, 1.82) is 0 Å². The van der Waals surface area contributed by atoms with E-state index in [-0.39, 0.29) is 25.7 Å². The molecule has 0 radical (unpaired) electrons. The highest BCUT2D eigenvalue weighted by Gasteiger charge is 2.31. The molecule has 0 fully saturated rings. The molecule has 110 heavy (non-hydrogen) atoms. The minimum atomic E-state index is -4.97. The summed E-state index contributed by atoms with van der Waals surface area (Å²) in [5.41, 5.74) is 0. The van der Waals surface area contributed by atoms with E-state index in [1.807, 2.05) is 0 Å². The summed E-state index contributed by atoms with van der Waals surface area (Å²) < 4.78 is 69.0. The number of aliphatic hydroxyl groups excluding tert-OH is 1. The Bertz CT molecular complexity index is 2130. The summed E-state index contributed by atoms with van der Waals surface area (Å²) in [5.74, 6) is 1.11. The molecule has 0 rings (SSSR count). The first-order valence-electron chi connectivity index (χ1n) is 46.8. The van der Waals surface area contributed by atoms with E-state index in [2.05, 4.69) is 55.4 Å². The number of carbonyl (C=O) groups is 4. The van der Waals surface area contributed by atoms with Crippen molar-refractivity contribution in [2.75, 3.05) is 39.6 Å². The van der Waals surface area contributed by atoms with Crippen LogP contribution in [-0.2, 0) is 65.4 Å². The van der Waals surface area contributed by atoms with Crippen molar-refractivity contribution >= 4 is 39.5 Å². The summed E-state index contributed by atoms with van der Waals surface area (Å²) in [6.45, 7) is 14.4. The average Bonchev–Trinajstić information content (AvgIpc) is 0.897. The molecule has 0 bridgehead atoms. The Morgan fingerprint density at radius 1 is 0.255 bits per heavy atom. The van der Waals surface area contributed by atoms with E-state index in [9.17, 15) is 43.2 Å². The third kappa shape index (κ3) is 81.2. The number of ether oxygens (including phenoxy) is 4. The maximum absolute atomic E-state index is 13.2. The first kappa shape index (κ1) is 108. The highest BCUT2D eigenvalue weighted by Crippen LogP contribution is 2.45. The Kier molecular flexibility index (Phi) is 78.1. The monoisotopic (exact) mass is 1610 g/mol. The van der Waals surface area contributed by atoms with Gasteiger partial charge in [0.2, 0.25) is 0 Å². The van der Waals surface area contributed by atoms with Crippen molar-refractivity contribution in [2.24, 2.45) is 23.7 Å². The van der Waals surface area contributed by atoms with E-state index in [1.54, 1.807) is 0 Å². The van der Waals surface area contributed by atoms with Crippen LogP contribution in [0.5, 0.6) is 0 Å². The Balaban J connectivity index is 5.20. The molecule has 19 heteroatoms. The van der Waals surface area contributed by atoms with Crippen molar-refractivity contribution in [1.82, 2.24) is 0 Å². The van der Waals surface area contributed by atoms with Crippen molar-refractivity contribution in [3.05, 3.63) is 0 Å². The van der Waals surface area contributed by atoms with E-state index in [4.69, 9.17) is 37.0 Å². The summed E-state index contributed by atoms with van der Waals surface area (Å²) in [6.07, 6.45) is 71.0. The number of esters is 4. The Morgan fingerprint density at radius 2 is 0.436 bits per heavy atom. The van der Waals surface area contributed by atoms with Crippen LogP contribution in [0, 0.1) is 23.7 Å². The second-order valence-corrected chi connectivity index (χ2v) is 37.0. The number of phosphoric ester groups is 2. The van der Waals surface area contributed by atoms with Crippen LogP contribution in [0.2, 0.25) is 0 Å². The molecule has 4 unspecified atom stereocenters. The molecule has 7 atom stereocenters. The predicted octanol–water partition coefficient (Wildman–Crippen LogP) is 27.9. The maximum Gasteiger partial charge on any atom is 0.472 e. The van der Waals surface area contributed by atoms with Gasteiger partial charge >= 0.3 is 39.5 Å². The predicted molar refractivity (Wildman–Crippen MR) is 455 cm³/mol. The molecule has 0 saturated heterocycles. The molecule has 0 aromatic carbocycles. The van der Waals surface area contributed by atoms with Crippen LogP contribution in [0.1, 0.15) is 479 Å². The van der Waals surface area contributed by atoms with Crippen molar-refractivity contribution in [2.45, 2.75) is 497 Å². The first-order valence-corrected chi connectivity index (χ1v) is 49.8. The van der Waals surface area contributed by atoms with Gasteiger partial charge in [-0.2, -0.15) is 0 Å². The van der Waals surface area contributed by atoms with E-state index in [0.29, 0.717) is 31.6 Å². The molecule has 0 saturated carbocycles. The highest BCUT2D eigenvalue weighted by atomic mass is 31.2. The van der Waals surface area contributed by atoms with Gasteiger partial charge in [-0.15, -0.1) is 0 Å². The Hall–Kier alpha value is -1.94. The number of rotatable bonds is 88. The normalized spacial score (nSPS) is 14.3. The lowest BCUT2D eigenvalue weighted by atomic mass is 9.99. The topological polar surface area (TPSA) is 237 Å². The van der Waals surface area contributed by atoms with E-state index >= 15 is 0 Å². The average molecular weight is 1610 g/mol. The molecule has 0 aliphatic heterocycles. The van der Waals surface area contributed by atoms with Crippen LogP contribution in [0.3, 0.4) is 0 Å². The standard InChI is InChI=1S/C91H178O17P2/c1-9-83(7)69-61-53-44-38-32-26-20-16-12-14-17-21-28-34-40-46-55-63-71-88(93)101-77-86(107-90(95)73-65-57-47-41-35-29-22-18-13-11-15-19-25-31-37-43-51-59-67-81(3)4)79-105-109(97,98)103-75-85(92)76-104-110(99,100)106-80-87(78-102-89(94)72-64-56-50-49-52-60-68-82(5)6)108-91(96)74-66-58-48-42-36-30-24-23-27-33-39-45-54-62-70-84(8)10-2/h81-87,92H,9-80H2,1-8H3,(H,97,98)(H,99,100)/t83?,84?,85-,86-,87-/m1/s1. The molecular weight excluding hydrogens is 1430 g/mol. The molecule has 654 valence electrons. The Morgan fingerprint density at radius 3 is 0.645 bits per heavy atom. The number of carbonyl (C=O) groups excluding carboxylic acids is 4. The molecule has 17 nitrogen and oxygen atoms in total. The van der Waals surface area contributed by atoms with E-state index in [0.717, 1.165) is 114 Å². The van der Waals surface area contributed by atoms with Crippen LogP contribution < -0.4 is 0 Å². The van der Waals surface area contributed by atoms with Crippen molar-refractivity contribution < 1.29 is 80.2 Å². The molecule has 0 aromatic rings. The molecule has 0 aromatic heterocycles. The van der Waals surface area contributed by atoms with E-state index < -0.39 is 97.5 Å². The van der Waals surface area contributed by atoms with Gasteiger partial charge < -0.3 is 33.8 Å². The molecule has 0 heterocycles. The smallest absolute Gasteiger partial charge is 0.462 e. The van der Waals surface area contributed by atoms with Crippen LogP contribution >= 0.6 is 15.6 Å². The number of hydrogen-bond donors (Lipinski definition) is 3. The molecule has 0 amide bonds. The fourth-order valence-corrected chi connectivity index (χ4v) is 15.7. The second kappa shape index (κ2) is 79.5. The van der Waals surface area contributed by atoms with Gasteiger partial charge in [0.15, 0.2) is 12.2 Å². The van der Waals surface area contributed by atoms with Crippen LogP contribution in [0.25, 0.3) is 0 Å². The van der Waals surface area contributed by atoms with Gasteiger partial charge in [0, 0.05) is 25.7 Å². The van der Waals surface area contributed by atoms with Crippen LogP contribution in [-0.4, -0.2) is 96.7 Å². The van der Waals surface area contributed by atoms with Gasteiger partial charge in [0.25, 0.3) is 0 Å². The lowest BCUT2D eigenvalue weighted by Gasteiger charge is -2.21. The number of hydrogen-bond acceptors (Lipinski definition) is 15. The minimum Gasteiger partial charge on any atom is -0.462 e.